The molecule has 1 unspecified atom stereocenters. The van der Waals surface area contributed by atoms with Gasteiger partial charge in [-0.2, -0.15) is 0 Å². The largest absolute Gasteiger partial charge is 0.744 e. The van der Waals surface area contributed by atoms with Crippen molar-refractivity contribution in [2.75, 3.05) is 39.5 Å². The smallest absolute Gasteiger partial charge is 0.124 e. The van der Waals surface area contributed by atoms with Gasteiger partial charge in [-0.15, -0.1) is 8.58 Å². The third-order valence-corrected chi connectivity index (χ3v) is 6.49. The molecular formula is C21H40NO3PS. The predicted molar refractivity (Wildman–Crippen MR) is 118 cm³/mol. The minimum atomic E-state index is -4.27. The maximum atomic E-state index is 10.4. The molecule has 0 aromatic heterocycles. The van der Waals surface area contributed by atoms with Crippen LogP contribution in [0.1, 0.15) is 57.9 Å². The van der Waals surface area contributed by atoms with Crippen LogP contribution in [0.3, 0.4) is 0 Å². The zero-order valence-corrected chi connectivity index (χ0v) is 19.8. The molecule has 1 aliphatic rings. The highest BCUT2D eigenvalue weighted by molar-refractivity contribution is 7.85. The molecule has 0 bridgehead atoms. The lowest BCUT2D eigenvalue weighted by Gasteiger charge is -2.28. The normalized spacial score (nSPS) is 15.8. The number of nitrogens with zero attached hydrogens (tertiary/aromatic N) is 1. The van der Waals surface area contributed by atoms with E-state index in [1.165, 1.54) is 80.9 Å². The molecule has 0 aliphatic carbocycles. The highest BCUT2D eigenvalue weighted by atomic mass is 32.2. The van der Waals surface area contributed by atoms with Crippen molar-refractivity contribution in [1.29, 1.82) is 0 Å². The quantitative estimate of drug-likeness (QED) is 0.271. The average Bonchev–Trinajstić information content (AvgIpc) is 3.06. The summed E-state index contributed by atoms with van der Waals surface area (Å²) in [7, 11) is -0.700. The Kier molecular flexibility index (Phi) is 14.3. The minimum Gasteiger partial charge on any atom is -0.744 e. The number of quaternary nitrogens is 1. The summed E-state index contributed by atoms with van der Waals surface area (Å²) in [6, 6.07) is 5.78. The van der Waals surface area contributed by atoms with Gasteiger partial charge in [-0.1, -0.05) is 44.4 Å². The van der Waals surface area contributed by atoms with Gasteiger partial charge in [0, 0.05) is 12.8 Å². The van der Waals surface area contributed by atoms with Crippen molar-refractivity contribution in [2.24, 2.45) is 0 Å². The summed E-state index contributed by atoms with van der Waals surface area (Å²) in [5.41, 5.74) is 0.928. The molecule has 0 saturated carbocycles. The van der Waals surface area contributed by atoms with Crippen LogP contribution in [0.2, 0.25) is 0 Å². The van der Waals surface area contributed by atoms with Gasteiger partial charge in [0.05, 0.1) is 31.6 Å². The molecule has 0 N–H and O–H groups in total. The molecule has 4 nitrogen and oxygen atoms in total. The summed E-state index contributed by atoms with van der Waals surface area (Å²) in [6.45, 7) is 12.9. The van der Waals surface area contributed by atoms with Gasteiger partial charge in [0.2, 0.25) is 0 Å². The molecule has 1 saturated heterocycles. The number of likely N-dealkylation sites (tertiary alicyclic amines) is 1. The summed E-state index contributed by atoms with van der Waals surface area (Å²) >= 11 is 0. The molecule has 0 amide bonds. The van der Waals surface area contributed by atoms with E-state index < -0.39 is 10.1 Å². The Morgan fingerprint density at radius 2 is 1.56 bits per heavy atom. The fourth-order valence-corrected chi connectivity index (χ4v) is 4.10. The Hall–Kier alpha value is -0.480. The van der Waals surface area contributed by atoms with Crippen molar-refractivity contribution in [3.63, 3.8) is 0 Å². The van der Waals surface area contributed by atoms with Crippen LogP contribution in [0.4, 0.5) is 0 Å². The van der Waals surface area contributed by atoms with Crippen LogP contribution in [-0.4, -0.2) is 57.0 Å². The molecule has 1 aromatic carbocycles. The fraction of sp³-hybridized carbons (Fsp3) is 0.714. The first-order valence-corrected chi connectivity index (χ1v) is 13.3. The first-order valence-electron chi connectivity index (χ1n) is 10.2. The van der Waals surface area contributed by atoms with Gasteiger partial charge < -0.3 is 9.04 Å². The van der Waals surface area contributed by atoms with Crippen LogP contribution in [-0.2, 0) is 10.1 Å². The monoisotopic (exact) mass is 417 g/mol. The molecule has 1 heterocycles. The standard InChI is InChI=1S/C9H20N.C7H8O3S.C5H13P/c1-3-4-7-10(2)8-5-6-9-10;1-6-2-4-7(5-3-6)11(8,9)10;1-3-4-5-6-2/h3-9H2,1-2H3;2-5H,1H3,(H,8,9,10);6H,3-5H2,1-2H3/q+1;;/p-1. The average molecular weight is 418 g/mol. The van der Waals surface area contributed by atoms with Gasteiger partial charge in [0.15, 0.2) is 0 Å². The molecule has 158 valence electrons. The molecule has 1 aliphatic heterocycles. The topological polar surface area (TPSA) is 57.2 Å². The number of rotatable bonds is 7. The van der Waals surface area contributed by atoms with Crippen LogP contribution in [0, 0.1) is 6.92 Å². The molecule has 1 fully saturated rings. The van der Waals surface area contributed by atoms with Gasteiger partial charge in [0.25, 0.3) is 0 Å². The maximum Gasteiger partial charge on any atom is 0.124 e. The molecular weight excluding hydrogens is 377 g/mol. The molecule has 0 radical (unpaired) electrons. The molecule has 6 heteroatoms. The Balaban J connectivity index is 0.000000394. The third-order valence-electron chi connectivity index (χ3n) is 4.79. The van der Waals surface area contributed by atoms with Gasteiger partial charge in [-0.05, 0) is 44.7 Å². The minimum absolute atomic E-state index is 0.178. The zero-order valence-electron chi connectivity index (χ0n) is 18.0. The Morgan fingerprint density at radius 1 is 1.04 bits per heavy atom. The van der Waals surface area contributed by atoms with Crippen molar-refractivity contribution < 1.29 is 17.5 Å². The second-order valence-corrected chi connectivity index (χ2v) is 10.2. The number of benzene rings is 1. The van der Waals surface area contributed by atoms with Gasteiger partial charge >= 0.3 is 0 Å². The summed E-state index contributed by atoms with van der Waals surface area (Å²) in [6.07, 6.45) is 9.91. The summed E-state index contributed by atoms with van der Waals surface area (Å²) in [5, 5.41) is 0. The van der Waals surface area contributed by atoms with Crippen LogP contribution in [0.5, 0.6) is 0 Å². The first kappa shape index (κ1) is 26.5. The zero-order chi connectivity index (χ0) is 20.8. The van der Waals surface area contributed by atoms with Crippen molar-refractivity contribution in [3.05, 3.63) is 29.8 Å². The van der Waals surface area contributed by atoms with E-state index in [9.17, 15) is 13.0 Å². The number of hydrogen-bond donors (Lipinski definition) is 0. The lowest BCUT2D eigenvalue weighted by atomic mass is 10.2. The van der Waals surface area contributed by atoms with E-state index in [0.29, 0.717) is 0 Å². The Morgan fingerprint density at radius 3 is 1.93 bits per heavy atom. The van der Waals surface area contributed by atoms with E-state index in [1.807, 2.05) is 6.92 Å². The fourth-order valence-electron chi connectivity index (χ4n) is 2.92. The lowest BCUT2D eigenvalue weighted by Crippen LogP contribution is -2.41. The molecule has 1 atom stereocenters. The number of hydrogen-bond acceptors (Lipinski definition) is 3. The van der Waals surface area contributed by atoms with Crippen molar-refractivity contribution in [1.82, 2.24) is 0 Å². The lowest BCUT2D eigenvalue weighted by molar-refractivity contribution is -0.897. The maximum absolute atomic E-state index is 10.4. The van der Waals surface area contributed by atoms with Gasteiger partial charge in [0.1, 0.15) is 10.1 Å². The summed E-state index contributed by atoms with van der Waals surface area (Å²) < 4.78 is 32.5. The van der Waals surface area contributed by atoms with Crippen LogP contribution >= 0.6 is 8.58 Å². The van der Waals surface area contributed by atoms with Gasteiger partial charge in [-0.25, -0.2) is 8.42 Å². The molecule has 27 heavy (non-hydrogen) atoms. The molecule has 1 aromatic rings. The van der Waals surface area contributed by atoms with Crippen molar-refractivity contribution >= 4 is 18.7 Å². The van der Waals surface area contributed by atoms with Crippen molar-refractivity contribution in [2.45, 2.75) is 64.2 Å². The molecule has 0 spiro atoms. The second-order valence-electron chi connectivity index (χ2n) is 7.58. The van der Waals surface area contributed by atoms with Gasteiger partial charge in [-0.3, -0.25) is 0 Å². The van der Waals surface area contributed by atoms with Crippen LogP contribution in [0.25, 0.3) is 0 Å². The second kappa shape index (κ2) is 14.5. The van der Waals surface area contributed by atoms with E-state index in [0.717, 1.165) is 14.1 Å². The number of aryl methyl sites for hydroxylation is 1. The Labute approximate surface area is 169 Å². The highest BCUT2D eigenvalue weighted by Gasteiger charge is 2.25. The number of unbranched alkanes of at least 4 members (excludes halogenated alkanes) is 2. The van der Waals surface area contributed by atoms with Crippen LogP contribution in [0.15, 0.2) is 29.2 Å². The predicted octanol–water partition coefficient (Wildman–Crippen LogP) is 5.02. The van der Waals surface area contributed by atoms with Crippen molar-refractivity contribution in [3.8, 4) is 0 Å². The summed E-state index contributed by atoms with van der Waals surface area (Å²) in [5.74, 6) is 0. The Bertz CT molecular complexity index is 578. The molecule has 2 rings (SSSR count). The SMILES string of the molecule is CCCCPC.CCCC[N+]1(C)CCCC1.Cc1ccc(S(=O)(=O)[O-])cc1. The van der Waals surface area contributed by atoms with E-state index in [2.05, 4.69) is 27.6 Å². The summed E-state index contributed by atoms with van der Waals surface area (Å²) in [4.78, 5) is -0.178. The van der Waals surface area contributed by atoms with Crippen LogP contribution < -0.4 is 0 Å². The van der Waals surface area contributed by atoms with E-state index in [1.54, 1.807) is 12.1 Å². The highest BCUT2D eigenvalue weighted by Crippen LogP contribution is 2.16. The third kappa shape index (κ3) is 13.3. The van der Waals surface area contributed by atoms with E-state index in [-0.39, 0.29) is 4.90 Å². The first-order chi connectivity index (χ1) is 12.7. The van der Waals surface area contributed by atoms with E-state index >= 15 is 0 Å². The van der Waals surface area contributed by atoms with E-state index in [4.69, 9.17) is 0 Å².